The van der Waals surface area contributed by atoms with Crippen LogP contribution in [0.2, 0.25) is 0 Å². The summed E-state index contributed by atoms with van der Waals surface area (Å²) >= 11 is 1.59. The van der Waals surface area contributed by atoms with Crippen LogP contribution in [0.15, 0.2) is 35.8 Å². The molecule has 2 fully saturated rings. The fourth-order valence-electron chi connectivity index (χ4n) is 3.48. The average Bonchev–Trinajstić information content (AvgIpc) is 3.35. The second kappa shape index (κ2) is 9.82. The minimum Gasteiger partial charge on any atom is -0.475 e. The number of amides is 1. The maximum absolute atomic E-state index is 13.6. The Balaban J connectivity index is 0.000000360. The molecular formula is C20H20F4N2O5S. The first-order chi connectivity index (χ1) is 15.1. The molecule has 4 heterocycles. The molecule has 2 saturated heterocycles. The van der Waals surface area contributed by atoms with Gasteiger partial charge < -0.3 is 19.5 Å². The SMILES string of the molecule is O=C(Cc1cccs1)N1CC2(C1)OCCC2COc1ncccc1F.O=C(O)C(F)(F)F. The van der Waals surface area contributed by atoms with E-state index in [1.54, 1.807) is 11.3 Å². The predicted molar refractivity (Wildman–Crippen MR) is 105 cm³/mol. The van der Waals surface area contributed by atoms with E-state index < -0.39 is 18.0 Å². The summed E-state index contributed by atoms with van der Waals surface area (Å²) in [6, 6.07) is 6.79. The molecule has 2 aliphatic rings. The average molecular weight is 476 g/mol. The van der Waals surface area contributed by atoms with Crippen molar-refractivity contribution in [3.05, 3.63) is 46.5 Å². The second-order valence-electron chi connectivity index (χ2n) is 7.31. The molecule has 0 aromatic carbocycles. The van der Waals surface area contributed by atoms with Gasteiger partial charge in [-0.15, -0.1) is 11.3 Å². The summed E-state index contributed by atoms with van der Waals surface area (Å²) in [7, 11) is 0. The highest BCUT2D eigenvalue weighted by Crippen LogP contribution is 2.40. The topological polar surface area (TPSA) is 89.0 Å². The van der Waals surface area contributed by atoms with Gasteiger partial charge in [0.05, 0.1) is 26.1 Å². The minimum atomic E-state index is -5.08. The zero-order valence-electron chi connectivity index (χ0n) is 16.7. The van der Waals surface area contributed by atoms with Crippen molar-refractivity contribution in [2.45, 2.75) is 24.6 Å². The lowest BCUT2D eigenvalue weighted by Gasteiger charge is -2.50. The lowest BCUT2D eigenvalue weighted by Crippen LogP contribution is -2.67. The van der Waals surface area contributed by atoms with Gasteiger partial charge in [-0.1, -0.05) is 6.07 Å². The van der Waals surface area contributed by atoms with E-state index in [1.165, 1.54) is 18.3 Å². The molecule has 2 aliphatic heterocycles. The Morgan fingerprint density at radius 3 is 2.62 bits per heavy atom. The first-order valence-electron chi connectivity index (χ1n) is 9.58. The molecule has 1 amide bonds. The Kier molecular flexibility index (Phi) is 7.34. The van der Waals surface area contributed by atoms with Crippen LogP contribution in [0, 0.1) is 11.7 Å². The number of hydrogen-bond donors (Lipinski definition) is 1. The number of thiophene rings is 1. The summed E-state index contributed by atoms with van der Waals surface area (Å²) in [6.07, 6.45) is -2.29. The van der Waals surface area contributed by atoms with Crippen LogP contribution in [0.5, 0.6) is 5.88 Å². The largest absolute Gasteiger partial charge is 0.490 e. The number of pyridine rings is 1. The smallest absolute Gasteiger partial charge is 0.475 e. The number of carboxylic acid groups (broad SMARTS) is 1. The van der Waals surface area contributed by atoms with Gasteiger partial charge in [0.2, 0.25) is 11.8 Å². The van der Waals surface area contributed by atoms with Crippen LogP contribution in [-0.4, -0.2) is 64.9 Å². The van der Waals surface area contributed by atoms with Crippen molar-refractivity contribution in [3.63, 3.8) is 0 Å². The lowest BCUT2D eigenvalue weighted by molar-refractivity contribution is -0.192. The van der Waals surface area contributed by atoms with E-state index in [2.05, 4.69) is 4.98 Å². The number of ether oxygens (including phenoxy) is 2. The molecule has 7 nitrogen and oxygen atoms in total. The number of carboxylic acids is 1. The van der Waals surface area contributed by atoms with E-state index >= 15 is 0 Å². The van der Waals surface area contributed by atoms with Crippen molar-refractivity contribution in [2.75, 3.05) is 26.3 Å². The van der Waals surface area contributed by atoms with Crippen LogP contribution in [-0.2, 0) is 20.7 Å². The van der Waals surface area contributed by atoms with Crippen LogP contribution in [0.1, 0.15) is 11.3 Å². The molecule has 1 N–H and O–H groups in total. The molecule has 1 unspecified atom stereocenters. The monoisotopic (exact) mass is 476 g/mol. The standard InChI is InChI=1S/C18H19FN2O3S.C2HF3O2/c19-15-4-1-6-20-17(15)23-10-13-5-7-24-18(13)11-21(12-18)16(22)9-14-3-2-8-25-14;3-2(4,5)1(6)7/h1-4,6,8,13H,5,7,9-12H2;(H,6,7). The third-order valence-corrected chi connectivity index (χ3v) is 6.04. The Labute approximate surface area is 184 Å². The Morgan fingerprint density at radius 1 is 1.31 bits per heavy atom. The molecule has 2 aromatic rings. The van der Waals surface area contributed by atoms with Gasteiger partial charge in [0, 0.05) is 23.6 Å². The van der Waals surface area contributed by atoms with Gasteiger partial charge in [0.25, 0.3) is 0 Å². The van der Waals surface area contributed by atoms with E-state index in [9.17, 15) is 22.4 Å². The maximum atomic E-state index is 13.6. The van der Waals surface area contributed by atoms with Gasteiger partial charge in [-0.05, 0) is 30.0 Å². The number of aromatic nitrogens is 1. The van der Waals surface area contributed by atoms with Crippen molar-refractivity contribution in [1.82, 2.24) is 9.88 Å². The Bertz CT molecular complexity index is 932. The summed E-state index contributed by atoms with van der Waals surface area (Å²) in [5.74, 6) is -2.93. The summed E-state index contributed by atoms with van der Waals surface area (Å²) in [5, 5.41) is 9.10. The molecule has 12 heteroatoms. The number of nitrogens with zero attached hydrogens (tertiary/aromatic N) is 2. The first kappa shape index (κ1) is 23.9. The third-order valence-electron chi connectivity index (χ3n) is 5.16. The fourth-order valence-corrected chi connectivity index (χ4v) is 4.17. The first-order valence-corrected chi connectivity index (χ1v) is 10.5. The predicted octanol–water partition coefficient (Wildman–Crippen LogP) is 3.15. The quantitative estimate of drug-likeness (QED) is 0.667. The number of alkyl halides is 3. The van der Waals surface area contributed by atoms with Gasteiger partial charge >= 0.3 is 12.1 Å². The molecular weight excluding hydrogens is 456 g/mol. The number of hydrogen-bond acceptors (Lipinski definition) is 6. The summed E-state index contributed by atoms with van der Waals surface area (Å²) in [6.45, 7) is 2.15. The molecule has 0 radical (unpaired) electrons. The number of carbonyl (C=O) groups excluding carboxylic acids is 1. The number of carbonyl (C=O) groups is 2. The third kappa shape index (κ3) is 5.74. The van der Waals surface area contributed by atoms with Crippen molar-refractivity contribution in [1.29, 1.82) is 0 Å². The van der Waals surface area contributed by atoms with Crippen molar-refractivity contribution in [2.24, 2.45) is 5.92 Å². The van der Waals surface area contributed by atoms with Crippen molar-refractivity contribution in [3.8, 4) is 5.88 Å². The van der Waals surface area contributed by atoms with Crippen molar-refractivity contribution < 1.29 is 41.7 Å². The minimum absolute atomic E-state index is 0.0227. The highest BCUT2D eigenvalue weighted by atomic mass is 32.1. The van der Waals surface area contributed by atoms with Crippen LogP contribution < -0.4 is 4.74 Å². The summed E-state index contributed by atoms with van der Waals surface area (Å²) < 4.78 is 56.9. The van der Waals surface area contributed by atoms with E-state index in [1.807, 2.05) is 22.4 Å². The zero-order valence-corrected chi connectivity index (χ0v) is 17.5. The Hall–Kier alpha value is -2.73. The zero-order chi connectivity index (χ0) is 23.4. The van der Waals surface area contributed by atoms with Gasteiger partial charge in [0.15, 0.2) is 5.82 Å². The molecule has 2 aromatic heterocycles. The highest BCUT2D eigenvalue weighted by molar-refractivity contribution is 7.10. The molecule has 1 spiro atoms. The second-order valence-corrected chi connectivity index (χ2v) is 8.34. The molecule has 0 bridgehead atoms. The van der Waals surface area contributed by atoms with E-state index in [0.29, 0.717) is 32.7 Å². The van der Waals surface area contributed by atoms with E-state index in [0.717, 1.165) is 11.3 Å². The molecule has 1 atom stereocenters. The van der Waals surface area contributed by atoms with Crippen LogP contribution in [0.25, 0.3) is 0 Å². The molecule has 32 heavy (non-hydrogen) atoms. The van der Waals surface area contributed by atoms with Gasteiger partial charge in [0.1, 0.15) is 5.60 Å². The molecule has 0 saturated carbocycles. The van der Waals surface area contributed by atoms with E-state index in [4.69, 9.17) is 19.4 Å². The van der Waals surface area contributed by atoms with Gasteiger partial charge in [-0.25, -0.2) is 14.2 Å². The van der Waals surface area contributed by atoms with Crippen LogP contribution in [0.4, 0.5) is 17.6 Å². The molecule has 174 valence electrons. The highest BCUT2D eigenvalue weighted by Gasteiger charge is 2.54. The molecule has 4 rings (SSSR count). The normalized spacial score (nSPS) is 19.1. The number of rotatable bonds is 5. The summed E-state index contributed by atoms with van der Waals surface area (Å²) in [5.41, 5.74) is -0.351. The van der Waals surface area contributed by atoms with E-state index in [-0.39, 0.29) is 23.3 Å². The number of likely N-dealkylation sites (tertiary alicyclic amines) is 1. The molecule has 0 aliphatic carbocycles. The van der Waals surface area contributed by atoms with Crippen LogP contribution in [0.3, 0.4) is 0 Å². The lowest BCUT2D eigenvalue weighted by atomic mass is 9.81. The van der Waals surface area contributed by atoms with Crippen LogP contribution >= 0.6 is 11.3 Å². The number of halogens is 4. The van der Waals surface area contributed by atoms with Gasteiger partial charge in [-0.2, -0.15) is 13.2 Å². The van der Waals surface area contributed by atoms with Gasteiger partial charge in [-0.3, -0.25) is 4.79 Å². The van der Waals surface area contributed by atoms with Crippen molar-refractivity contribution >= 4 is 23.2 Å². The number of aliphatic carboxylic acids is 1. The Morgan fingerprint density at radius 2 is 2.03 bits per heavy atom. The summed E-state index contributed by atoms with van der Waals surface area (Å²) in [4.78, 5) is 28.1. The fraction of sp³-hybridized carbons (Fsp3) is 0.450. The maximum Gasteiger partial charge on any atom is 0.490 e.